The summed E-state index contributed by atoms with van der Waals surface area (Å²) < 4.78 is 32.3. The Bertz CT molecular complexity index is 1460. The molecule has 5 rings (SSSR count). The number of aliphatic hydroxyl groups is 1. The van der Waals surface area contributed by atoms with Crippen molar-refractivity contribution in [1.29, 1.82) is 0 Å². The third kappa shape index (κ3) is 5.64. The van der Waals surface area contributed by atoms with Crippen LogP contribution in [-0.4, -0.2) is 71.5 Å². The monoisotopic (exact) mass is 593 g/mol. The Balaban J connectivity index is 1.40. The van der Waals surface area contributed by atoms with Crippen molar-refractivity contribution < 1.29 is 33.4 Å². The van der Waals surface area contributed by atoms with Gasteiger partial charge in [-0.1, -0.05) is 24.3 Å². The van der Waals surface area contributed by atoms with Crippen LogP contribution < -0.4 is 20.7 Å². The number of hydrogen-bond acceptors (Lipinski definition) is 11. The van der Waals surface area contributed by atoms with E-state index in [4.69, 9.17) is 31.1 Å². The Hall–Kier alpha value is -3.26. The fourth-order valence-corrected chi connectivity index (χ4v) is 6.01. The van der Waals surface area contributed by atoms with Crippen LogP contribution in [0.25, 0.3) is 11.2 Å². The molecule has 0 spiro atoms. The maximum absolute atomic E-state index is 13.6. The Morgan fingerprint density at radius 1 is 1.40 bits per heavy atom. The lowest BCUT2D eigenvalue weighted by Crippen LogP contribution is -2.41. The minimum atomic E-state index is -4.28. The fraction of sp³-hybridized carbons (Fsp3) is 0.417. The molecule has 16 heteroatoms. The minimum Gasteiger partial charge on any atom is -0.480 e. The maximum Gasteiger partial charge on any atom is 0.459 e. The molecule has 1 saturated carbocycles. The van der Waals surface area contributed by atoms with Crippen LogP contribution in [0.2, 0.25) is 0 Å². The first-order valence-electron chi connectivity index (χ1n) is 12.5. The lowest BCUT2D eigenvalue weighted by Gasteiger charge is -2.27. The molecule has 3 heterocycles. The van der Waals surface area contributed by atoms with E-state index in [1.54, 1.807) is 18.2 Å². The van der Waals surface area contributed by atoms with E-state index in [0.717, 1.165) is 12.8 Å². The third-order valence-corrected chi connectivity index (χ3v) is 8.72. The van der Waals surface area contributed by atoms with Gasteiger partial charge in [-0.05, 0) is 31.9 Å². The number of aliphatic carboxylic acids is 1. The molecule has 0 radical (unpaired) electrons. The highest BCUT2D eigenvalue weighted by atomic mass is 35.5. The van der Waals surface area contributed by atoms with E-state index < -0.39 is 49.7 Å². The van der Waals surface area contributed by atoms with Crippen molar-refractivity contribution in [2.45, 2.75) is 55.2 Å². The molecule has 1 unspecified atom stereocenters. The molecule has 2 fully saturated rings. The number of rotatable bonds is 12. The van der Waals surface area contributed by atoms with Crippen LogP contribution in [0, 0.1) is 0 Å². The number of carbonyl (C=O) groups is 1. The number of nitrogens with two attached hydrogens (primary N) is 1. The van der Waals surface area contributed by atoms with Gasteiger partial charge in [0.2, 0.25) is 5.95 Å². The second-order valence-electron chi connectivity index (χ2n) is 9.56. The summed E-state index contributed by atoms with van der Waals surface area (Å²) in [4.78, 5) is 22.8. The van der Waals surface area contributed by atoms with E-state index in [0.29, 0.717) is 17.0 Å². The predicted molar refractivity (Wildman–Crippen MR) is 146 cm³/mol. The van der Waals surface area contributed by atoms with Crippen molar-refractivity contribution in [3.63, 3.8) is 0 Å². The quantitative estimate of drug-likeness (QED) is 0.117. The molecule has 6 atom stereocenters. The summed E-state index contributed by atoms with van der Waals surface area (Å²) in [7, 11) is -4.28. The molecular formula is C24H29ClN7O7P. The topological polar surface area (TPSA) is 196 Å². The summed E-state index contributed by atoms with van der Waals surface area (Å²) in [5.41, 5.74) is 6.72. The zero-order valence-corrected chi connectivity index (χ0v) is 23.0. The fourth-order valence-electron chi connectivity index (χ4n) is 4.21. The number of fused-ring (bicyclic) bond motifs is 1. The number of hydrogen-bond donors (Lipinski definition) is 5. The van der Waals surface area contributed by atoms with Crippen LogP contribution in [0.1, 0.15) is 26.0 Å². The van der Waals surface area contributed by atoms with Gasteiger partial charge in [0, 0.05) is 6.04 Å². The van der Waals surface area contributed by atoms with Gasteiger partial charge in [-0.15, -0.1) is 18.2 Å². The Morgan fingerprint density at radius 2 is 2.12 bits per heavy atom. The summed E-state index contributed by atoms with van der Waals surface area (Å²) in [6, 6.07) is 7.10. The number of carboxylic acids is 1. The highest BCUT2D eigenvalue weighted by Gasteiger charge is 2.55. The van der Waals surface area contributed by atoms with E-state index >= 15 is 0 Å². The lowest BCUT2D eigenvalue weighted by molar-refractivity contribution is -0.138. The van der Waals surface area contributed by atoms with Gasteiger partial charge in [0.15, 0.2) is 23.2 Å². The number of para-hydroxylation sites is 1. The van der Waals surface area contributed by atoms with Crippen molar-refractivity contribution in [2.75, 3.05) is 17.7 Å². The van der Waals surface area contributed by atoms with Crippen LogP contribution in [0.5, 0.6) is 5.75 Å². The summed E-state index contributed by atoms with van der Waals surface area (Å²) in [6.45, 7) is 4.57. The van der Waals surface area contributed by atoms with Gasteiger partial charge in [-0.2, -0.15) is 15.1 Å². The highest BCUT2D eigenvalue weighted by molar-refractivity contribution is 7.52. The Kier molecular flexibility index (Phi) is 7.75. The summed E-state index contributed by atoms with van der Waals surface area (Å²) >= 11 is 6.86. The predicted octanol–water partition coefficient (Wildman–Crippen LogP) is 2.67. The van der Waals surface area contributed by atoms with Gasteiger partial charge in [-0.3, -0.25) is 13.9 Å². The number of carboxylic acid groups (broad SMARTS) is 1. The van der Waals surface area contributed by atoms with Crippen molar-refractivity contribution >= 4 is 48.2 Å². The average molecular weight is 594 g/mol. The first kappa shape index (κ1) is 28.3. The first-order valence-corrected chi connectivity index (χ1v) is 14.4. The van der Waals surface area contributed by atoms with Crippen LogP contribution in [0.4, 0.5) is 11.8 Å². The van der Waals surface area contributed by atoms with Crippen molar-refractivity contribution in [3.8, 4) is 5.75 Å². The standard InChI is InChI=1S/C24H29ClN7O7P/c1-3-24(25)18(33)16(11-37-40(36,31-13(2)21(34)35)39-15-7-5-4-6-8-15)38-22(24)32-12-27-17-19(28-14-9-10-14)29-23(26)30-20(17)32/h3-8,12-14,16,18,22,33H,1,9-11H2,2H3,(H,31,36)(H,34,35)(H3,26,28,29,30)/t13-,16-,18-,22-,24-,40?/m1/s1. The number of anilines is 2. The molecule has 1 aliphatic carbocycles. The Labute approximate surface area is 234 Å². The normalized spacial score (nSPS) is 26.7. The zero-order valence-electron chi connectivity index (χ0n) is 21.4. The molecule has 0 bridgehead atoms. The largest absolute Gasteiger partial charge is 0.480 e. The number of imidazole rings is 1. The highest BCUT2D eigenvalue weighted by Crippen LogP contribution is 2.49. The first-order chi connectivity index (χ1) is 19.0. The molecule has 14 nitrogen and oxygen atoms in total. The molecule has 1 aromatic carbocycles. The second-order valence-corrected chi connectivity index (χ2v) is 11.9. The van der Waals surface area contributed by atoms with Gasteiger partial charge >= 0.3 is 13.7 Å². The number of aliphatic hydroxyl groups excluding tert-OH is 1. The number of nitrogen functional groups attached to an aromatic ring is 1. The van der Waals surface area contributed by atoms with Crippen molar-refractivity contribution in [3.05, 3.63) is 49.3 Å². The Morgan fingerprint density at radius 3 is 2.77 bits per heavy atom. The molecule has 2 aromatic heterocycles. The zero-order chi connectivity index (χ0) is 28.7. The molecule has 3 aromatic rings. The van der Waals surface area contributed by atoms with Crippen LogP contribution in [0.15, 0.2) is 49.3 Å². The second kappa shape index (κ2) is 11.0. The maximum atomic E-state index is 13.6. The number of alkyl halides is 1. The van der Waals surface area contributed by atoms with Crippen molar-refractivity contribution in [2.24, 2.45) is 0 Å². The smallest absolute Gasteiger partial charge is 0.459 e. The van der Waals surface area contributed by atoms with Gasteiger partial charge < -0.3 is 30.5 Å². The molecule has 214 valence electrons. The van der Waals surface area contributed by atoms with Crippen LogP contribution >= 0.6 is 19.3 Å². The summed E-state index contributed by atoms with van der Waals surface area (Å²) in [5, 5.41) is 26.2. The van der Waals surface area contributed by atoms with Gasteiger partial charge in [0.1, 0.15) is 28.9 Å². The van der Waals surface area contributed by atoms with Crippen LogP contribution in [0.3, 0.4) is 0 Å². The number of ether oxygens (including phenoxy) is 1. The van der Waals surface area contributed by atoms with E-state index in [2.05, 4.69) is 31.9 Å². The minimum absolute atomic E-state index is 0.00669. The van der Waals surface area contributed by atoms with E-state index in [9.17, 15) is 19.6 Å². The molecule has 1 aliphatic heterocycles. The SMILES string of the molecule is C=C[C@@]1(Cl)[C@H](O)[C@@H](COP(=O)(N[C@H](C)C(=O)O)Oc2ccccc2)O[C@H]1n1cnc2c(NC3CC3)nc(N)nc21. The molecule has 40 heavy (non-hydrogen) atoms. The summed E-state index contributed by atoms with van der Waals surface area (Å²) in [6.07, 6.45) is 1.15. The number of nitrogens with zero attached hydrogens (tertiary/aromatic N) is 4. The summed E-state index contributed by atoms with van der Waals surface area (Å²) in [5.74, 6) is -0.615. The van der Waals surface area contributed by atoms with E-state index in [1.807, 2.05) is 0 Å². The molecule has 0 amide bonds. The van der Waals surface area contributed by atoms with Gasteiger partial charge in [0.05, 0.1) is 12.9 Å². The molecule has 6 N–H and O–H groups in total. The van der Waals surface area contributed by atoms with E-state index in [1.165, 1.54) is 36.0 Å². The molecule has 2 aliphatic rings. The lowest BCUT2D eigenvalue weighted by atomic mass is 9.99. The van der Waals surface area contributed by atoms with Gasteiger partial charge in [-0.25, -0.2) is 9.55 Å². The van der Waals surface area contributed by atoms with Crippen molar-refractivity contribution in [1.82, 2.24) is 24.6 Å². The number of nitrogens with one attached hydrogen (secondary N) is 2. The molecule has 1 saturated heterocycles. The number of aromatic nitrogens is 4. The van der Waals surface area contributed by atoms with Gasteiger partial charge in [0.25, 0.3) is 0 Å². The third-order valence-electron chi connectivity index (χ3n) is 6.51. The molecular weight excluding hydrogens is 565 g/mol. The van der Waals surface area contributed by atoms with Crippen LogP contribution in [-0.2, 0) is 18.6 Å². The average Bonchev–Trinajstić information content (AvgIpc) is 3.58. The van der Waals surface area contributed by atoms with E-state index in [-0.39, 0.29) is 17.7 Å². The number of benzene rings is 1. The number of halogens is 1.